The summed E-state index contributed by atoms with van der Waals surface area (Å²) < 4.78 is 0. The summed E-state index contributed by atoms with van der Waals surface area (Å²) in [6, 6.07) is 17.6. The van der Waals surface area contributed by atoms with E-state index in [1.165, 1.54) is 6.08 Å². The Kier molecular flexibility index (Phi) is 4.35. The molecule has 4 nitrogen and oxygen atoms in total. The number of hydrogen-bond donors (Lipinski definition) is 2. The predicted octanol–water partition coefficient (Wildman–Crippen LogP) is 4.02. The van der Waals surface area contributed by atoms with Crippen LogP contribution >= 0.6 is 0 Å². The van der Waals surface area contributed by atoms with Gasteiger partial charge in [-0.25, -0.2) is 0 Å². The van der Waals surface area contributed by atoms with Gasteiger partial charge in [0.25, 0.3) is 0 Å². The minimum absolute atomic E-state index is 0.183. The Bertz CT molecular complexity index is 932. The lowest BCUT2D eigenvalue weighted by atomic mass is 9.88. The fourth-order valence-corrected chi connectivity index (χ4v) is 2.70. The van der Waals surface area contributed by atoms with Gasteiger partial charge in [0.1, 0.15) is 0 Å². The molecular formula is C21H16O4. The van der Waals surface area contributed by atoms with Crippen molar-refractivity contribution in [2.24, 2.45) is 0 Å². The van der Waals surface area contributed by atoms with Gasteiger partial charge in [0, 0.05) is 0 Å². The fraction of sp³-hybridized carbons (Fsp3) is 0.0476. The van der Waals surface area contributed by atoms with E-state index in [9.17, 15) is 19.8 Å². The Balaban J connectivity index is 2.06. The van der Waals surface area contributed by atoms with E-state index in [2.05, 4.69) is 0 Å². The van der Waals surface area contributed by atoms with E-state index >= 15 is 0 Å². The van der Waals surface area contributed by atoms with Gasteiger partial charge in [-0.1, -0.05) is 60.7 Å². The molecule has 3 rings (SSSR count). The maximum absolute atomic E-state index is 12.5. The largest absolute Gasteiger partial charge is 0.504 e. The molecule has 1 aliphatic carbocycles. The highest BCUT2D eigenvalue weighted by Crippen LogP contribution is 2.31. The topological polar surface area (TPSA) is 74.6 Å². The van der Waals surface area contributed by atoms with E-state index in [1.807, 2.05) is 30.3 Å². The van der Waals surface area contributed by atoms with Crippen LogP contribution < -0.4 is 0 Å². The highest BCUT2D eigenvalue weighted by Gasteiger charge is 2.34. The van der Waals surface area contributed by atoms with Gasteiger partial charge >= 0.3 is 0 Å². The molecule has 0 heterocycles. The Morgan fingerprint density at radius 3 is 1.96 bits per heavy atom. The number of benzene rings is 2. The summed E-state index contributed by atoms with van der Waals surface area (Å²) in [6.45, 7) is 1.76. The van der Waals surface area contributed by atoms with Gasteiger partial charge in [-0.15, -0.1) is 0 Å². The van der Waals surface area contributed by atoms with Crippen LogP contribution in [0.3, 0.4) is 0 Å². The second-order valence-corrected chi connectivity index (χ2v) is 5.70. The molecule has 0 saturated heterocycles. The molecule has 0 spiro atoms. The van der Waals surface area contributed by atoms with Crippen molar-refractivity contribution < 1.29 is 19.8 Å². The smallest absolute Gasteiger partial charge is 0.232 e. The van der Waals surface area contributed by atoms with Crippen molar-refractivity contribution in [1.82, 2.24) is 0 Å². The van der Waals surface area contributed by atoms with Crippen LogP contribution in [0.25, 0.3) is 11.1 Å². The lowest BCUT2D eigenvalue weighted by Gasteiger charge is -2.17. The van der Waals surface area contributed by atoms with Gasteiger partial charge in [0.05, 0.1) is 11.1 Å². The number of carbonyl (C=O) groups excluding carboxylic acids is 2. The summed E-state index contributed by atoms with van der Waals surface area (Å²) in [5, 5.41) is 20.5. The number of Topliss-reactive ketones (excluding diaryl/α,β-unsaturated/α-hetero) is 2. The van der Waals surface area contributed by atoms with Crippen molar-refractivity contribution in [3.05, 3.63) is 95.0 Å². The maximum atomic E-state index is 12.5. The van der Waals surface area contributed by atoms with Crippen LogP contribution in [0.15, 0.2) is 83.8 Å². The SMILES string of the molecule is C/C(=C/C1=C(O)C(=O)C(c2ccccc2)=C(O)C1=O)c1ccccc1. The second kappa shape index (κ2) is 6.61. The molecule has 0 aromatic heterocycles. The molecule has 2 N–H and O–H groups in total. The van der Waals surface area contributed by atoms with E-state index in [4.69, 9.17) is 0 Å². The molecule has 2 aromatic carbocycles. The number of hydrogen-bond acceptors (Lipinski definition) is 4. The van der Waals surface area contributed by atoms with Gasteiger partial charge < -0.3 is 10.2 Å². The lowest BCUT2D eigenvalue weighted by Crippen LogP contribution is -2.22. The molecule has 0 saturated carbocycles. The zero-order valence-electron chi connectivity index (χ0n) is 13.6. The minimum Gasteiger partial charge on any atom is -0.504 e. The summed E-state index contributed by atoms with van der Waals surface area (Å²) >= 11 is 0. The molecule has 0 unspecified atom stereocenters. The van der Waals surface area contributed by atoms with E-state index in [1.54, 1.807) is 37.3 Å². The monoisotopic (exact) mass is 332 g/mol. The normalized spacial score (nSPS) is 15.8. The average Bonchev–Trinajstić information content (AvgIpc) is 2.65. The molecule has 4 heteroatoms. The Labute approximate surface area is 145 Å². The van der Waals surface area contributed by atoms with Crippen LogP contribution in [-0.2, 0) is 9.59 Å². The van der Waals surface area contributed by atoms with Crippen molar-refractivity contribution in [3.63, 3.8) is 0 Å². The highest BCUT2D eigenvalue weighted by atomic mass is 16.3. The minimum atomic E-state index is -0.772. The van der Waals surface area contributed by atoms with Crippen LogP contribution in [0.5, 0.6) is 0 Å². The van der Waals surface area contributed by atoms with Crippen LogP contribution in [0.1, 0.15) is 18.1 Å². The van der Waals surface area contributed by atoms with Crippen LogP contribution in [0.2, 0.25) is 0 Å². The zero-order valence-corrected chi connectivity index (χ0v) is 13.6. The molecule has 0 bridgehead atoms. The first-order valence-corrected chi connectivity index (χ1v) is 7.75. The molecule has 1 aliphatic rings. The number of allylic oxidation sites excluding steroid dienone is 4. The van der Waals surface area contributed by atoms with Gasteiger partial charge in [0.15, 0.2) is 11.5 Å². The molecule has 124 valence electrons. The first kappa shape index (κ1) is 16.5. The summed E-state index contributed by atoms with van der Waals surface area (Å²) in [5.41, 5.74) is 1.54. The number of carbonyl (C=O) groups is 2. The molecule has 0 atom stereocenters. The van der Waals surface area contributed by atoms with Gasteiger partial charge in [-0.3, -0.25) is 9.59 Å². The first-order valence-electron chi connectivity index (χ1n) is 7.75. The highest BCUT2D eigenvalue weighted by molar-refractivity contribution is 6.38. The summed E-state index contributed by atoms with van der Waals surface area (Å²) in [6.07, 6.45) is 1.42. The van der Waals surface area contributed by atoms with E-state index < -0.39 is 23.1 Å². The molecule has 25 heavy (non-hydrogen) atoms. The number of aliphatic hydroxyl groups is 2. The fourth-order valence-electron chi connectivity index (χ4n) is 2.70. The standard InChI is InChI=1S/C21H16O4/c1-13(14-8-4-2-5-9-14)12-16-18(22)20(24)17(21(25)19(16)23)15-10-6-3-7-11-15/h2-12,22,25H,1H3/b13-12-. The molecule has 0 radical (unpaired) electrons. The Morgan fingerprint density at radius 2 is 1.36 bits per heavy atom. The third kappa shape index (κ3) is 3.02. The second-order valence-electron chi connectivity index (χ2n) is 5.70. The number of rotatable bonds is 3. The summed E-state index contributed by atoms with van der Waals surface area (Å²) in [4.78, 5) is 25.0. The quantitative estimate of drug-likeness (QED) is 0.833. The van der Waals surface area contributed by atoms with Gasteiger partial charge in [0.2, 0.25) is 11.6 Å². The zero-order chi connectivity index (χ0) is 18.0. The van der Waals surface area contributed by atoms with Crippen LogP contribution in [-0.4, -0.2) is 21.8 Å². The summed E-state index contributed by atoms with van der Waals surface area (Å²) in [5.74, 6) is -2.85. The van der Waals surface area contributed by atoms with Gasteiger partial charge in [-0.05, 0) is 29.7 Å². The van der Waals surface area contributed by atoms with E-state index in [0.717, 1.165) is 5.56 Å². The van der Waals surface area contributed by atoms with Crippen LogP contribution in [0.4, 0.5) is 0 Å². The molecule has 0 fully saturated rings. The molecule has 0 aliphatic heterocycles. The third-order valence-electron chi connectivity index (χ3n) is 4.05. The Hall–Kier alpha value is -3.40. The maximum Gasteiger partial charge on any atom is 0.232 e. The Morgan fingerprint density at radius 1 is 0.800 bits per heavy atom. The third-order valence-corrected chi connectivity index (χ3v) is 4.05. The lowest BCUT2D eigenvalue weighted by molar-refractivity contribution is -0.118. The molecule has 0 amide bonds. The first-order chi connectivity index (χ1) is 12.0. The van der Waals surface area contributed by atoms with Crippen molar-refractivity contribution in [2.75, 3.05) is 0 Å². The number of ketones is 2. The summed E-state index contributed by atoms with van der Waals surface area (Å²) in [7, 11) is 0. The van der Waals surface area contributed by atoms with Gasteiger partial charge in [-0.2, -0.15) is 0 Å². The van der Waals surface area contributed by atoms with Crippen molar-refractivity contribution in [3.8, 4) is 0 Å². The predicted molar refractivity (Wildman–Crippen MR) is 95.8 cm³/mol. The van der Waals surface area contributed by atoms with Crippen LogP contribution in [0, 0.1) is 0 Å². The number of aliphatic hydroxyl groups excluding tert-OH is 2. The average molecular weight is 332 g/mol. The van der Waals surface area contributed by atoms with Crippen molar-refractivity contribution >= 4 is 22.7 Å². The molecular weight excluding hydrogens is 316 g/mol. The van der Waals surface area contributed by atoms with E-state index in [-0.39, 0.29) is 11.1 Å². The van der Waals surface area contributed by atoms with Crippen molar-refractivity contribution in [1.29, 1.82) is 0 Å². The van der Waals surface area contributed by atoms with E-state index in [0.29, 0.717) is 11.1 Å². The van der Waals surface area contributed by atoms with Crippen molar-refractivity contribution in [2.45, 2.75) is 6.92 Å². The molecule has 2 aromatic rings.